The molecule has 222 valence electrons. The van der Waals surface area contributed by atoms with Crippen LogP contribution in [0, 0.1) is 0 Å². The summed E-state index contributed by atoms with van der Waals surface area (Å²) < 4.78 is 39.4. The van der Waals surface area contributed by atoms with E-state index >= 15 is 0 Å². The van der Waals surface area contributed by atoms with Crippen molar-refractivity contribution in [3.8, 4) is 0 Å². The second kappa shape index (κ2) is 17.0. The molecule has 0 amide bonds. The molecular formula is C34H45O6P. The molecule has 1 N–H and O–H groups in total. The van der Waals surface area contributed by atoms with Crippen LogP contribution in [0.5, 0.6) is 0 Å². The maximum absolute atomic E-state index is 14.3. The Morgan fingerprint density at radius 2 is 1.17 bits per heavy atom. The third-order valence-corrected chi connectivity index (χ3v) is 10.2. The van der Waals surface area contributed by atoms with Gasteiger partial charge in [-0.2, -0.15) is 0 Å². The van der Waals surface area contributed by atoms with Gasteiger partial charge in [0.05, 0.1) is 26.4 Å². The smallest absolute Gasteiger partial charge is 0.233 e. The lowest BCUT2D eigenvalue weighted by atomic mass is 10.1. The third-order valence-electron chi connectivity index (χ3n) is 7.49. The van der Waals surface area contributed by atoms with Crippen LogP contribution in [0.2, 0.25) is 0 Å². The van der Waals surface area contributed by atoms with Gasteiger partial charge in [-0.1, -0.05) is 130 Å². The molecule has 1 heterocycles. The van der Waals surface area contributed by atoms with E-state index in [0.717, 1.165) is 36.0 Å². The predicted molar refractivity (Wildman–Crippen MR) is 163 cm³/mol. The van der Waals surface area contributed by atoms with Crippen LogP contribution in [0.1, 0.15) is 62.1 Å². The number of rotatable bonds is 17. The Balaban J connectivity index is 1.52. The molecule has 1 fully saturated rings. The Morgan fingerprint density at radius 1 is 0.683 bits per heavy atom. The highest BCUT2D eigenvalue weighted by Crippen LogP contribution is 2.58. The van der Waals surface area contributed by atoms with Crippen LogP contribution in [-0.4, -0.2) is 42.0 Å². The first-order chi connectivity index (χ1) is 20.1. The molecule has 5 unspecified atom stereocenters. The fourth-order valence-electron chi connectivity index (χ4n) is 5.16. The van der Waals surface area contributed by atoms with Gasteiger partial charge in [-0.05, 0) is 23.1 Å². The molecule has 0 aromatic heterocycles. The van der Waals surface area contributed by atoms with Crippen LogP contribution in [0.3, 0.4) is 0 Å². The molecule has 0 aliphatic carbocycles. The Kier molecular flexibility index (Phi) is 13.1. The summed E-state index contributed by atoms with van der Waals surface area (Å²) in [6.07, 6.45) is 4.48. The summed E-state index contributed by atoms with van der Waals surface area (Å²) in [4.78, 5) is 0. The van der Waals surface area contributed by atoms with Gasteiger partial charge in [-0.25, -0.2) is 0 Å². The quantitative estimate of drug-likeness (QED) is 0.130. The molecule has 5 atom stereocenters. The topological polar surface area (TPSA) is 74.2 Å². The fraction of sp³-hybridized carbons (Fsp3) is 0.471. The van der Waals surface area contributed by atoms with E-state index < -0.39 is 31.5 Å². The van der Waals surface area contributed by atoms with Crippen molar-refractivity contribution in [1.29, 1.82) is 0 Å². The van der Waals surface area contributed by atoms with Crippen molar-refractivity contribution in [1.82, 2.24) is 0 Å². The van der Waals surface area contributed by atoms with Crippen molar-refractivity contribution < 1.29 is 28.4 Å². The number of aliphatic hydroxyl groups is 1. The number of hydrogen-bond donors (Lipinski definition) is 1. The minimum Gasteiger partial charge on any atom is -0.380 e. The average Bonchev–Trinajstić information content (AvgIpc) is 3.01. The van der Waals surface area contributed by atoms with Crippen LogP contribution in [-0.2, 0) is 43.1 Å². The molecule has 3 aromatic carbocycles. The molecule has 4 rings (SSSR count). The highest BCUT2D eigenvalue weighted by atomic mass is 31.2. The summed E-state index contributed by atoms with van der Waals surface area (Å²) in [7, 11) is -3.47. The van der Waals surface area contributed by atoms with E-state index in [9.17, 15) is 9.67 Å². The monoisotopic (exact) mass is 580 g/mol. The van der Waals surface area contributed by atoms with Crippen molar-refractivity contribution in [2.45, 2.75) is 89.4 Å². The number of aliphatic hydroxyl groups excluding tert-OH is 1. The molecular weight excluding hydrogens is 535 g/mol. The maximum Gasteiger partial charge on any atom is 0.233 e. The van der Waals surface area contributed by atoms with Gasteiger partial charge < -0.3 is 23.8 Å². The average molecular weight is 581 g/mol. The van der Waals surface area contributed by atoms with Crippen molar-refractivity contribution in [2.75, 3.05) is 12.8 Å². The lowest BCUT2D eigenvalue weighted by Crippen LogP contribution is -2.54. The summed E-state index contributed by atoms with van der Waals surface area (Å²) in [5.74, 6) is -1.28. The number of unbranched alkanes of at least 4 members (excludes halogenated alkanes) is 5. The second-order valence-corrected chi connectivity index (χ2v) is 13.4. The Hall–Kier alpha value is -2.31. The van der Waals surface area contributed by atoms with Gasteiger partial charge in [0, 0.05) is 6.16 Å². The standard InChI is InChI=1S/C34H45O6P/c1-2-3-4-5-6-16-23-41(36)34(35)33(39-26-30-21-14-9-15-22-30)32(38-25-29-19-12-8-13-20-29)31(40-41)27-37-24-28-17-10-7-11-18-28/h7-15,17-22,31-35H,2-6,16,23-27H2,1H3. The summed E-state index contributed by atoms with van der Waals surface area (Å²) >= 11 is 0. The highest BCUT2D eigenvalue weighted by Gasteiger charge is 2.52. The van der Waals surface area contributed by atoms with Crippen LogP contribution in [0.15, 0.2) is 91.0 Å². The van der Waals surface area contributed by atoms with Crippen LogP contribution in [0.4, 0.5) is 0 Å². The van der Waals surface area contributed by atoms with Gasteiger partial charge in [0.2, 0.25) is 7.37 Å². The summed E-state index contributed by atoms with van der Waals surface area (Å²) in [5.41, 5.74) is 3.00. The summed E-state index contributed by atoms with van der Waals surface area (Å²) in [6.45, 7) is 3.33. The van der Waals surface area contributed by atoms with Gasteiger partial charge in [0.1, 0.15) is 18.3 Å². The fourth-order valence-corrected chi connectivity index (χ4v) is 7.66. The number of ether oxygens (including phenoxy) is 3. The molecule has 0 radical (unpaired) electrons. The Labute approximate surface area is 245 Å². The molecule has 1 aliphatic rings. The number of benzene rings is 3. The van der Waals surface area contributed by atoms with E-state index in [1.165, 1.54) is 19.3 Å². The van der Waals surface area contributed by atoms with E-state index in [1.54, 1.807) is 0 Å². The first-order valence-electron chi connectivity index (χ1n) is 15.0. The molecule has 0 spiro atoms. The summed E-state index contributed by atoms with van der Waals surface area (Å²) in [6, 6.07) is 29.6. The first-order valence-corrected chi connectivity index (χ1v) is 16.8. The van der Waals surface area contributed by atoms with Gasteiger partial charge in [-0.15, -0.1) is 0 Å². The molecule has 1 saturated heterocycles. The van der Waals surface area contributed by atoms with E-state index in [2.05, 4.69) is 6.92 Å². The van der Waals surface area contributed by atoms with E-state index in [4.69, 9.17) is 18.7 Å². The summed E-state index contributed by atoms with van der Waals surface area (Å²) in [5, 5.41) is 11.6. The first kappa shape index (κ1) is 31.6. The van der Waals surface area contributed by atoms with Crippen molar-refractivity contribution >= 4 is 7.37 Å². The van der Waals surface area contributed by atoms with E-state index in [-0.39, 0.29) is 13.2 Å². The molecule has 0 bridgehead atoms. The van der Waals surface area contributed by atoms with Crippen LogP contribution < -0.4 is 0 Å². The van der Waals surface area contributed by atoms with E-state index in [0.29, 0.717) is 19.4 Å². The van der Waals surface area contributed by atoms with Crippen molar-refractivity contribution in [3.63, 3.8) is 0 Å². The third kappa shape index (κ3) is 9.89. The minimum absolute atomic E-state index is 0.173. The molecule has 7 heteroatoms. The molecule has 1 aliphatic heterocycles. The molecule has 41 heavy (non-hydrogen) atoms. The zero-order valence-electron chi connectivity index (χ0n) is 24.2. The Bertz CT molecular complexity index is 1160. The molecule has 3 aromatic rings. The van der Waals surface area contributed by atoms with Crippen LogP contribution in [0.25, 0.3) is 0 Å². The normalized spacial score (nSPS) is 24.3. The second-order valence-electron chi connectivity index (χ2n) is 10.8. The van der Waals surface area contributed by atoms with Gasteiger partial charge in [0.25, 0.3) is 0 Å². The lowest BCUT2D eigenvalue weighted by Gasteiger charge is -2.44. The molecule has 0 saturated carbocycles. The van der Waals surface area contributed by atoms with Gasteiger partial charge in [0.15, 0.2) is 5.85 Å². The zero-order valence-corrected chi connectivity index (χ0v) is 25.1. The zero-order chi connectivity index (χ0) is 28.8. The maximum atomic E-state index is 14.3. The largest absolute Gasteiger partial charge is 0.380 e. The predicted octanol–water partition coefficient (Wildman–Crippen LogP) is 7.73. The molecule has 6 nitrogen and oxygen atoms in total. The van der Waals surface area contributed by atoms with Crippen molar-refractivity contribution in [3.05, 3.63) is 108 Å². The highest BCUT2D eigenvalue weighted by molar-refractivity contribution is 7.59. The number of hydrogen-bond acceptors (Lipinski definition) is 6. The lowest BCUT2D eigenvalue weighted by molar-refractivity contribution is -0.175. The van der Waals surface area contributed by atoms with E-state index in [1.807, 2.05) is 91.0 Å². The van der Waals surface area contributed by atoms with Gasteiger partial charge >= 0.3 is 0 Å². The van der Waals surface area contributed by atoms with Crippen LogP contribution >= 0.6 is 7.37 Å². The van der Waals surface area contributed by atoms with Gasteiger partial charge in [-0.3, -0.25) is 4.57 Å². The minimum atomic E-state index is -3.47. The SMILES string of the molecule is CCCCCCCCP1(=O)OC(COCc2ccccc2)C(OCc2ccccc2)C(OCc2ccccc2)C1O. The van der Waals surface area contributed by atoms with Crippen molar-refractivity contribution in [2.24, 2.45) is 0 Å². The Morgan fingerprint density at radius 3 is 1.73 bits per heavy atom.